The zero-order valence-corrected chi connectivity index (χ0v) is 13.1. The molecule has 2 aromatic carbocycles. The summed E-state index contributed by atoms with van der Waals surface area (Å²) >= 11 is 0. The van der Waals surface area contributed by atoms with Crippen molar-refractivity contribution in [1.82, 2.24) is 5.43 Å². The zero-order valence-electron chi connectivity index (χ0n) is 13.1. The standard InChI is InChI=1S/C18H18N4O/c1-13-3-8-17(14(2)9-13)20-12-18(23)22-21-11-16-6-4-15(10-19)5-7-16/h3-9,11,20H,12H2,1-2H3,(H,22,23)/b21-11+. The average molecular weight is 306 g/mol. The highest BCUT2D eigenvalue weighted by Crippen LogP contribution is 2.15. The molecule has 2 rings (SSSR count). The van der Waals surface area contributed by atoms with E-state index in [-0.39, 0.29) is 12.5 Å². The molecule has 2 N–H and O–H groups in total. The van der Waals surface area contributed by atoms with E-state index in [9.17, 15) is 4.79 Å². The van der Waals surface area contributed by atoms with Gasteiger partial charge in [-0.1, -0.05) is 29.8 Å². The van der Waals surface area contributed by atoms with Gasteiger partial charge < -0.3 is 5.32 Å². The van der Waals surface area contributed by atoms with Gasteiger partial charge >= 0.3 is 0 Å². The van der Waals surface area contributed by atoms with E-state index in [1.54, 1.807) is 24.3 Å². The van der Waals surface area contributed by atoms with E-state index in [4.69, 9.17) is 5.26 Å². The molecular weight excluding hydrogens is 288 g/mol. The van der Waals surface area contributed by atoms with Crippen LogP contribution < -0.4 is 10.7 Å². The fourth-order valence-electron chi connectivity index (χ4n) is 2.05. The van der Waals surface area contributed by atoms with Crippen molar-refractivity contribution in [3.05, 3.63) is 64.7 Å². The lowest BCUT2D eigenvalue weighted by atomic mass is 10.1. The predicted octanol–water partition coefficient (Wildman–Crippen LogP) is 2.74. The van der Waals surface area contributed by atoms with E-state index < -0.39 is 0 Å². The zero-order chi connectivity index (χ0) is 16.7. The molecule has 2 aromatic rings. The topological polar surface area (TPSA) is 77.3 Å². The summed E-state index contributed by atoms with van der Waals surface area (Å²) in [5.41, 5.74) is 7.08. The van der Waals surface area contributed by atoms with Crippen LogP contribution in [0.5, 0.6) is 0 Å². The summed E-state index contributed by atoms with van der Waals surface area (Å²) in [5, 5.41) is 15.7. The summed E-state index contributed by atoms with van der Waals surface area (Å²) in [7, 11) is 0. The summed E-state index contributed by atoms with van der Waals surface area (Å²) < 4.78 is 0. The Kier molecular flexibility index (Phi) is 5.48. The number of hydrazone groups is 1. The van der Waals surface area contributed by atoms with Gasteiger partial charge in [-0.3, -0.25) is 4.79 Å². The van der Waals surface area contributed by atoms with Crippen LogP contribution in [0.2, 0.25) is 0 Å². The number of hydrogen-bond donors (Lipinski definition) is 2. The van der Waals surface area contributed by atoms with Gasteiger partial charge in [0.25, 0.3) is 5.91 Å². The van der Waals surface area contributed by atoms with Crippen LogP contribution in [0, 0.1) is 25.2 Å². The number of hydrogen-bond acceptors (Lipinski definition) is 4. The molecule has 0 unspecified atom stereocenters. The van der Waals surface area contributed by atoms with Crippen LogP contribution in [0.4, 0.5) is 5.69 Å². The maximum atomic E-state index is 11.8. The number of amides is 1. The lowest BCUT2D eigenvalue weighted by Gasteiger charge is -2.09. The van der Waals surface area contributed by atoms with Crippen molar-refractivity contribution in [2.45, 2.75) is 13.8 Å². The summed E-state index contributed by atoms with van der Waals surface area (Å²) in [5.74, 6) is -0.227. The van der Waals surface area contributed by atoms with E-state index in [1.807, 2.05) is 32.0 Å². The normalized spacial score (nSPS) is 10.3. The Morgan fingerprint density at radius 1 is 1.22 bits per heavy atom. The van der Waals surface area contributed by atoms with Crippen LogP contribution in [-0.4, -0.2) is 18.7 Å². The minimum absolute atomic E-state index is 0.147. The minimum Gasteiger partial charge on any atom is -0.376 e. The fourth-order valence-corrected chi connectivity index (χ4v) is 2.05. The van der Waals surface area contributed by atoms with Crippen molar-refractivity contribution in [1.29, 1.82) is 5.26 Å². The van der Waals surface area contributed by atoms with Crippen molar-refractivity contribution < 1.29 is 4.79 Å². The van der Waals surface area contributed by atoms with Crippen LogP contribution in [0.25, 0.3) is 0 Å². The van der Waals surface area contributed by atoms with Gasteiger partial charge in [-0.2, -0.15) is 10.4 Å². The number of nitriles is 1. The number of rotatable bonds is 5. The SMILES string of the molecule is Cc1ccc(NCC(=O)N/N=C/c2ccc(C#N)cc2)c(C)c1. The molecule has 0 spiro atoms. The molecule has 116 valence electrons. The average Bonchev–Trinajstić information content (AvgIpc) is 2.54. The number of nitrogens with zero attached hydrogens (tertiary/aromatic N) is 2. The Balaban J connectivity index is 1.82. The Morgan fingerprint density at radius 3 is 2.61 bits per heavy atom. The van der Waals surface area contributed by atoms with Gasteiger partial charge in [0.05, 0.1) is 24.4 Å². The van der Waals surface area contributed by atoms with E-state index in [0.717, 1.165) is 16.8 Å². The summed E-state index contributed by atoms with van der Waals surface area (Å²) in [6, 6.07) is 15.0. The first-order valence-corrected chi connectivity index (χ1v) is 7.21. The first-order valence-electron chi connectivity index (χ1n) is 7.21. The summed E-state index contributed by atoms with van der Waals surface area (Å²) in [6.45, 7) is 4.17. The quantitative estimate of drug-likeness (QED) is 0.658. The molecule has 0 fully saturated rings. The van der Waals surface area contributed by atoms with E-state index in [0.29, 0.717) is 5.56 Å². The third kappa shape index (κ3) is 4.97. The maximum absolute atomic E-state index is 11.8. The molecular formula is C18H18N4O. The molecule has 0 radical (unpaired) electrons. The largest absolute Gasteiger partial charge is 0.376 e. The smallest absolute Gasteiger partial charge is 0.259 e. The third-order valence-corrected chi connectivity index (χ3v) is 3.26. The molecule has 5 nitrogen and oxygen atoms in total. The molecule has 0 aliphatic heterocycles. The van der Waals surface area contributed by atoms with Gasteiger partial charge in [-0.25, -0.2) is 5.43 Å². The Morgan fingerprint density at radius 2 is 1.96 bits per heavy atom. The second-order valence-electron chi connectivity index (χ2n) is 5.20. The molecule has 0 aliphatic rings. The molecule has 0 bridgehead atoms. The molecule has 23 heavy (non-hydrogen) atoms. The van der Waals surface area contributed by atoms with E-state index >= 15 is 0 Å². The van der Waals surface area contributed by atoms with Gasteiger partial charge in [-0.05, 0) is 43.2 Å². The fraction of sp³-hybridized carbons (Fsp3) is 0.167. The van der Waals surface area contributed by atoms with Crippen molar-refractivity contribution in [2.24, 2.45) is 5.10 Å². The van der Waals surface area contributed by atoms with Crippen LogP contribution >= 0.6 is 0 Å². The second-order valence-corrected chi connectivity index (χ2v) is 5.20. The highest BCUT2D eigenvalue weighted by atomic mass is 16.2. The molecule has 0 aromatic heterocycles. The lowest BCUT2D eigenvalue weighted by Crippen LogP contribution is -2.26. The van der Waals surface area contributed by atoms with Crippen LogP contribution in [0.1, 0.15) is 22.3 Å². The van der Waals surface area contributed by atoms with E-state index in [1.165, 1.54) is 11.8 Å². The van der Waals surface area contributed by atoms with Gasteiger partial charge in [-0.15, -0.1) is 0 Å². The van der Waals surface area contributed by atoms with Crippen molar-refractivity contribution in [3.8, 4) is 6.07 Å². The third-order valence-electron chi connectivity index (χ3n) is 3.26. The molecule has 0 saturated carbocycles. The highest BCUT2D eigenvalue weighted by molar-refractivity contribution is 5.84. The Bertz CT molecular complexity index is 758. The Labute approximate surface area is 135 Å². The molecule has 0 atom stereocenters. The number of carbonyl (C=O) groups is 1. The van der Waals surface area contributed by atoms with Gasteiger partial charge in [0.2, 0.25) is 0 Å². The van der Waals surface area contributed by atoms with Gasteiger partial charge in [0.15, 0.2) is 0 Å². The highest BCUT2D eigenvalue weighted by Gasteiger charge is 2.02. The second kappa shape index (κ2) is 7.76. The van der Waals surface area contributed by atoms with Crippen molar-refractivity contribution in [2.75, 3.05) is 11.9 Å². The molecule has 5 heteroatoms. The van der Waals surface area contributed by atoms with Crippen LogP contribution in [0.3, 0.4) is 0 Å². The van der Waals surface area contributed by atoms with Crippen molar-refractivity contribution in [3.63, 3.8) is 0 Å². The number of anilines is 1. The predicted molar refractivity (Wildman–Crippen MR) is 91.3 cm³/mol. The number of aryl methyl sites for hydroxylation is 2. The first-order chi connectivity index (χ1) is 11.1. The summed E-state index contributed by atoms with van der Waals surface area (Å²) in [4.78, 5) is 11.8. The molecule has 0 heterocycles. The lowest BCUT2D eigenvalue weighted by molar-refractivity contribution is -0.119. The van der Waals surface area contributed by atoms with Crippen LogP contribution in [-0.2, 0) is 4.79 Å². The summed E-state index contributed by atoms with van der Waals surface area (Å²) in [6.07, 6.45) is 1.54. The van der Waals surface area contributed by atoms with E-state index in [2.05, 4.69) is 21.9 Å². The van der Waals surface area contributed by atoms with Gasteiger partial charge in [0, 0.05) is 5.69 Å². The molecule has 1 amide bonds. The monoisotopic (exact) mass is 306 g/mol. The molecule has 0 aliphatic carbocycles. The van der Waals surface area contributed by atoms with Crippen molar-refractivity contribution >= 4 is 17.8 Å². The van der Waals surface area contributed by atoms with Crippen LogP contribution in [0.15, 0.2) is 47.6 Å². The maximum Gasteiger partial charge on any atom is 0.259 e. The number of nitrogens with one attached hydrogen (secondary N) is 2. The van der Waals surface area contributed by atoms with Gasteiger partial charge in [0.1, 0.15) is 0 Å². The minimum atomic E-state index is -0.227. The first kappa shape index (κ1) is 16.2. The number of carbonyl (C=O) groups excluding carboxylic acids is 1. The molecule has 0 saturated heterocycles. The Hall–Kier alpha value is -3.13. The number of benzene rings is 2.